The summed E-state index contributed by atoms with van der Waals surface area (Å²) in [6.07, 6.45) is 1.81. The van der Waals surface area contributed by atoms with E-state index in [0.29, 0.717) is 29.8 Å². The first-order valence-electron chi connectivity index (χ1n) is 16.5. The topological polar surface area (TPSA) is 112 Å². The van der Waals surface area contributed by atoms with E-state index in [9.17, 15) is 22.8 Å². The standard InChI is InChI=1S/C37H47F3O8/c1-4-28-21-30(29-10-8-27(9-11-29)7-5-6-16-37(38,39)40)12-14-32(28)31-13-15-33(45-17-19-47-35(43)25(2)23-41)34(22-31)46-18-20-48-36(44)26(3)24-42/h12-15,21-22,27,29,41-42H,2-11,16-20,23-24H2,1H3. The molecule has 2 aromatic carbocycles. The zero-order chi connectivity index (χ0) is 35.1. The molecule has 2 aromatic rings. The second kappa shape index (κ2) is 19.2. The molecule has 0 aliphatic heterocycles. The Morgan fingerprint density at radius 1 is 0.812 bits per heavy atom. The molecule has 1 aliphatic rings. The average Bonchev–Trinajstić information content (AvgIpc) is 3.09. The van der Waals surface area contributed by atoms with Gasteiger partial charge in [0.1, 0.15) is 26.4 Å². The average molecular weight is 677 g/mol. The minimum Gasteiger partial charge on any atom is -0.486 e. The molecule has 8 nitrogen and oxygen atoms in total. The predicted octanol–water partition coefficient (Wildman–Crippen LogP) is 7.25. The number of halogens is 3. The SMILES string of the molecule is C=C(CO)C(=O)OCCOc1ccc(-c2ccc(C3CCC(CCCCC(F)(F)F)CC3)cc2CC)cc1OCCOC(=O)C(=C)CO. The lowest BCUT2D eigenvalue weighted by Crippen LogP contribution is -2.16. The van der Waals surface area contributed by atoms with Crippen molar-refractivity contribution in [2.24, 2.45) is 5.92 Å². The van der Waals surface area contributed by atoms with Crippen molar-refractivity contribution in [1.29, 1.82) is 0 Å². The minimum absolute atomic E-state index is 0.000147. The van der Waals surface area contributed by atoms with Gasteiger partial charge in [0.25, 0.3) is 0 Å². The molecule has 1 saturated carbocycles. The second-order valence-corrected chi connectivity index (χ2v) is 12.0. The predicted molar refractivity (Wildman–Crippen MR) is 176 cm³/mol. The highest BCUT2D eigenvalue weighted by Crippen LogP contribution is 2.40. The summed E-state index contributed by atoms with van der Waals surface area (Å²) in [5.41, 5.74) is 4.22. The number of rotatable bonds is 19. The first kappa shape index (κ1) is 38.6. The van der Waals surface area contributed by atoms with E-state index < -0.39 is 37.7 Å². The Morgan fingerprint density at radius 3 is 1.98 bits per heavy atom. The fourth-order valence-corrected chi connectivity index (χ4v) is 5.80. The maximum atomic E-state index is 12.5. The summed E-state index contributed by atoms with van der Waals surface area (Å²) in [6.45, 7) is 7.79. The summed E-state index contributed by atoms with van der Waals surface area (Å²) in [6, 6.07) is 12.0. The van der Waals surface area contributed by atoms with Crippen LogP contribution in [0.1, 0.15) is 75.3 Å². The number of hydrogen-bond donors (Lipinski definition) is 2. The molecule has 0 saturated heterocycles. The number of carbonyl (C=O) groups excluding carboxylic acids is 2. The number of benzene rings is 2. The van der Waals surface area contributed by atoms with Gasteiger partial charge in [-0.1, -0.05) is 57.2 Å². The van der Waals surface area contributed by atoms with Crippen molar-refractivity contribution in [3.63, 3.8) is 0 Å². The molecule has 0 aromatic heterocycles. The molecule has 1 fully saturated rings. The first-order valence-corrected chi connectivity index (χ1v) is 16.5. The molecule has 48 heavy (non-hydrogen) atoms. The summed E-state index contributed by atoms with van der Waals surface area (Å²) in [5, 5.41) is 18.1. The highest BCUT2D eigenvalue weighted by molar-refractivity contribution is 5.88. The monoisotopic (exact) mass is 676 g/mol. The number of carbonyl (C=O) groups is 2. The van der Waals surface area contributed by atoms with E-state index in [2.05, 4.69) is 38.3 Å². The maximum absolute atomic E-state index is 12.5. The van der Waals surface area contributed by atoms with Crippen LogP contribution in [0.15, 0.2) is 60.7 Å². The third-order valence-electron chi connectivity index (χ3n) is 8.51. The summed E-state index contributed by atoms with van der Waals surface area (Å²) in [4.78, 5) is 23.6. The van der Waals surface area contributed by atoms with Gasteiger partial charge in [-0.05, 0) is 84.7 Å². The molecule has 264 valence electrons. The van der Waals surface area contributed by atoms with Crippen LogP contribution in [0.4, 0.5) is 13.2 Å². The van der Waals surface area contributed by atoms with Gasteiger partial charge in [-0.3, -0.25) is 0 Å². The molecule has 0 atom stereocenters. The van der Waals surface area contributed by atoms with Crippen molar-refractivity contribution in [3.8, 4) is 22.6 Å². The summed E-state index contributed by atoms with van der Waals surface area (Å²) >= 11 is 0. The lowest BCUT2D eigenvalue weighted by Gasteiger charge is -2.29. The quantitative estimate of drug-likeness (QED) is 0.0910. The van der Waals surface area contributed by atoms with Gasteiger partial charge in [0.05, 0.1) is 24.4 Å². The number of esters is 2. The van der Waals surface area contributed by atoms with Gasteiger partial charge in [0, 0.05) is 6.42 Å². The zero-order valence-corrected chi connectivity index (χ0v) is 27.6. The van der Waals surface area contributed by atoms with Crippen LogP contribution in [0, 0.1) is 5.92 Å². The summed E-state index contributed by atoms with van der Waals surface area (Å²) in [7, 11) is 0. The molecule has 3 rings (SSSR count). The molecule has 1 aliphatic carbocycles. The first-order chi connectivity index (χ1) is 22.9. The Hall–Kier alpha value is -3.83. The molecule has 0 heterocycles. The fourth-order valence-electron chi connectivity index (χ4n) is 5.80. The fraction of sp³-hybridized carbons (Fsp3) is 0.514. The number of ether oxygens (including phenoxy) is 4. The van der Waals surface area contributed by atoms with Gasteiger partial charge in [-0.25, -0.2) is 9.59 Å². The van der Waals surface area contributed by atoms with E-state index in [1.165, 1.54) is 5.56 Å². The van der Waals surface area contributed by atoms with Crippen LogP contribution >= 0.6 is 0 Å². The van der Waals surface area contributed by atoms with Gasteiger partial charge in [0.2, 0.25) is 0 Å². The van der Waals surface area contributed by atoms with Crippen molar-refractivity contribution >= 4 is 11.9 Å². The van der Waals surface area contributed by atoms with Crippen molar-refractivity contribution < 1.29 is 51.9 Å². The Balaban J connectivity index is 1.68. The molecule has 0 radical (unpaired) electrons. The normalized spacial score (nSPS) is 16.2. The smallest absolute Gasteiger partial charge is 0.389 e. The van der Waals surface area contributed by atoms with Gasteiger partial charge in [-0.2, -0.15) is 13.2 Å². The van der Waals surface area contributed by atoms with E-state index in [4.69, 9.17) is 29.2 Å². The van der Waals surface area contributed by atoms with E-state index in [0.717, 1.165) is 55.2 Å². The van der Waals surface area contributed by atoms with E-state index in [1.807, 2.05) is 12.1 Å². The molecule has 0 unspecified atom stereocenters. The number of unbranched alkanes of at least 4 members (excludes halogenated alkanes) is 1. The van der Waals surface area contributed by atoms with E-state index in [-0.39, 0.29) is 44.0 Å². The van der Waals surface area contributed by atoms with E-state index in [1.54, 1.807) is 6.07 Å². The van der Waals surface area contributed by atoms with Crippen molar-refractivity contribution in [2.45, 2.75) is 76.8 Å². The van der Waals surface area contributed by atoms with Crippen LogP contribution in [0.25, 0.3) is 11.1 Å². The lowest BCUT2D eigenvalue weighted by molar-refractivity contribution is -0.141. The van der Waals surface area contributed by atoms with Crippen LogP contribution in [-0.2, 0) is 25.5 Å². The summed E-state index contributed by atoms with van der Waals surface area (Å²) < 4.78 is 59.3. The Kier molecular flexibility index (Phi) is 15.5. The summed E-state index contributed by atoms with van der Waals surface area (Å²) in [5.74, 6) is 0.228. The second-order valence-electron chi connectivity index (χ2n) is 12.0. The highest BCUT2D eigenvalue weighted by Gasteiger charge is 2.27. The van der Waals surface area contributed by atoms with E-state index >= 15 is 0 Å². The number of alkyl halides is 3. The van der Waals surface area contributed by atoms with Crippen LogP contribution in [0.2, 0.25) is 0 Å². The molecule has 0 bridgehead atoms. The van der Waals surface area contributed by atoms with Crippen LogP contribution < -0.4 is 9.47 Å². The van der Waals surface area contributed by atoms with Crippen LogP contribution in [-0.4, -0.2) is 68.0 Å². The molecule has 0 amide bonds. The Bertz CT molecular complexity index is 1380. The van der Waals surface area contributed by atoms with Gasteiger partial charge in [0.15, 0.2) is 11.5 Å². The lowest BCUT2D eigenvalue weighted by atomic mass is 9.76. The third kappa shape index (κ3) is 12.3. The number of aliphatic hydroxyl groups excluding tert-OH is 2. The minimum atomic E-state index is -4.07. The Labute approximate surface area is 280 Å². The van der Waals surface area contributed by atoms with Crippen LogP contribution in [0.5, 0.6) is 11.5 Å². The molecular formula is C37H47F3O8. The third-order valence-corrected chi connectivity index (χ3v) is 8.51. The number of hydrogen-bond acceptors (Lipinski definition) is 8. The highest BCUT2D eigenvalue weighted by atomic mass is 19.4. The van der Waals surface area contributed by atoms with Gasteiger partial charge < -0.3 is 29.2 Å². The van der Waals surface area contributed by atoms with Crippen molar-refractivity contribution in [2.75, 3.05) is 39.6 Å². The molecule has 0 spiro atoms. The van der Waals surface area contributed by atoms with Crippen LogP contribution in [0.3, 0.4) is 0 Å². The molecule has 2 N–H and O–H groups in total. The van der Waals surface area contributed by atoms with Crippen molar-refractivity contribution in [1.82, 2.24) is 0 Å². The van der Waals surface area contributed by atoms with Crippen molar-refractivity contribution in [3.05, 3.63) is 71.8 Å². The maximum Gasteiger partial charge on any atom is 0.389 e. The molecular weight excluding hydrogens is 629 g/mol. The van der Waals surface area contributed by atoms with Gasteiger partial charge >= 0.3 is 18.1 Å². The Morgan fingerprint density at radius 2 is 1.42 bits per heavy atom. The van der Waals surface area contributed by atoms with Gasteiger partial charge in [-0.15, -0.1) is 0 Å². The molecule has 11 heteroatoms. The number of aliphatic hydroxyl groups is 2. The zero-order valence-electron chi connectivity index (χ0n) is 27.6. The number of aryl methyl sites for hydroxylation is 1. The largest absolute Gasteiger partial charge is 0.486 e.